The van der Waals surface area contributed by atoms with Gasteiger partial charge in [-0.15, -0.1) is 0 Å². The molecule has 31 heavy (non-hydrogen) atoms. The van der Waals surface area contributed by atoms with Gasteiger partial charge in [0.25, 0.3) is 5.91 Å². The van der Waals surface area contributed by atoms with Crippen molar-refractivity contribution in [2.24, 2.45) is 12.0 Å². The number of rotatable bonds is 6. The molecular weight excluding hydrogens is 416 g/mol. The van der Waals surface area contributed by atoms with E-state index < -0.39 is 0 Å². The third-order valence-electron chi connectivity index (χ3n) is 5.11. The number of hydrogen-bond acceptors (Lipinski definition) is 3. The highest BCUT2D eigenvalue weighted by molar-refractivity contribution is 6.30. The van der Waals surface area contributed by atoms with E-state index in [0.29, 0.717) is 36.8 Å². The topological polar surface area (TPSA) is 82.0 Å². The van der Waals surface area contributed by atoms with Crippen molar-refractivity contribution in [3.05, 3.63) is 58.4 Å². The lowest BCUT2D eigenvalue weighted by atomic mass is 10.1. The van der Waals surface area contributed by atoms with E-state index in [1.807, 2.05) is 50.0 Å². The van der Waals surface area contributed by atoms with Gasteiger partial charge in [-0.3, -0.25) is 9.59 Å². The second-order valence-electron chi connectivity index (χ2n) is 7.56. The van der Waals surface area contributed by atoms with Crippen LogP contribution in [0.3, 0.4) is 0 Å². The first-order valence-electron chi connectivity index (χ1n) is 10.3. The van der Waals surface area contributed by atoms with Gasteiger partial charge in [-0.2, -0.15) is 0 Å². The number of carbonyl (C=O) groups excluding carboxylic acids is 2. The van der Waals surface area contributed by atoms with E-state index in [-0.39, 0.29) is 18.4 Å². The van der Waals surface area contributed by atoms with Crippen molar-refractivity contribution in [1.29, 1.82) is 0 Å². The fraction of sp³-hybridized carbons (Fsp3) is 0.409. The zero-order chi connectivity index (χ0) is 22.4. The number of amides is 2. The first-order valence-corrected chi connectivity index (χ1v) is 10.7. The Hall–Kier alpha value is -3.00. The Morgan fingerprint density at radius 3 is 2.68 bits per heavy atom. The maximum absolute atomic E-state index is 12.6. The average molecular weight is 445 g/mol. The van der Waals surface area contributed by atoms with Crippen LogP contribution in [0.1, 0.15) is 28.5 Å². The summed E-state index contributed by atoms with van der Waals surface area (Å²) in [5.41, 5.74) is 2.66. The minimum atomic E-state index is -0.126. The van der Waals surface area contributed by atoms with E-state index in [4.69, 9.17) is 16.6 Å². The average Bonchev–Trinajstić information content (AvgIpc) is 3.07. The number of hydrogen-bond donors (Lipinski definition) is 2. The molecule has 1 aromatic heterocycles. The zero-order valence-electron chi connectivity index (χ0n) is 18.2. The smallest absolute Gasteiger partial charge is 0.254 e. The SMILES string of the molecule is CCNC(=NCc1ccc(C(=O)N2CCNC(=O)C2)cc1)N(C)Cc1cc(Cl)cn1C. The Balaban J connectivity index is 1.64. The van der Waals surface area contributed by atoms with Crippen molar-refractivity contribution in [1.82, 2.24) is 25.0 Å². The van der Waals surface area contributed by atoms with E-state index in [0.717, 1.165) is 23.8 Å². The Morgan fingerprint density at radius 1 is 1.32 bits per heavy atom. The van der Waals surface area contributed by atoms with Crippen LogP contribution in [-0.4, -0.2) is 65.4 Å². The molecule has 1 fully saturated rings. The van der Waals surface area contributed by atoms with Crippen LogP contribution in [0.2, 0.25) is 5.02 Å². The van der Waals surface area contributed by atoms with Crippen LogP contribution in [0.15, 0.2) is 41.5 Å². The van der Waals surface area contributed by atoms with Gasteiger partial charge in [0.1, 0.15) is 0 Å². The summed E-state index contributed by atoms with van der Waals surface area (Å²) >= 11 is 6.09. The predicted molar refractivity (Wildman–Crippen MR) is 122 cm³/mol. The summed E-state index contributed by atoms with van der Waals surface area (Å²) in [6, 6.07) is 9.34. The van der Waals surface area contributed by atoms with Crippen molar-refractivity contribution in [3.63, 3.8) is 0 Å². The molecule has 0 bridgehead atoms. The molecule has 1 aliphatic rings. The van der Waals surface area contributed by atoms with Gasteiger partial charge in [0.05, 0.1) is 24.7 Å². The monoisotopic (exact) mass is 444 g/mol. The molecule has 2 aromatic rings. The van der Waals surface area contributed by atoms with Crippen LogP contribution in [0.4, 0.5) is 0 Å². The maximum atomic E-state index is 12.6. The third kappa shape index (κ3) is 6.01. The largest absolute Gasteiger partial charge is 0.357 e. The van der Waals surface area contributed by atoms with Crippen LogP contribution in [0.25, 0.3) is 0 Å². The maximum Gasteiger partial charge on any atom is 0.254 e. The summed E-state index contributed by atoms with van der Waals surface area (Å²) in [7, 11) is 3.96. The molecule has 2 N–H and O–H groups in total. The summed E-state index contributed by atoms with van der Waals surface area (Å²) in [5, 5.41) is 6.75. The number of nitrogens with zero attached hydrogens (tertiary/aromatic N) is 4. The van der Waals surface area contributed by atoms with Gasteiger partial charge in [0.2, 0.25) is 5.91 Å². The number of nitrogens with one attached hydrogen (secondary N) is 2. The zero-order valence-corrected chi connectivity index (χ0v) is 18.9. The molecule has 3 rings (SSSR count). The second-order valence-corrected chi connectivity index (χ2v) is 8.00. The molecule has 2 amide bonds. The van der Waals surface area contributed by atoms with Gasteiger partial charge in [-0.05, 0) is 30.7 Å². The highest BCUT2D eigenvalue weighted by atomic mass is 35.5. The molecule has 166 valence electrons. The third-order valence-corrected chi connectivity index (χ3v) is 5.31. The first-order chi connectivity index (χ1) is 14.9. The summed E-state index contributed by atoms with van der Waals surface area (Å²) in [6.45, 7) is 5.08. The van der Waals surface area contributed by atoms with Crippen molar-refractivity contribution in [2.45, 2.75) is 20.0 Å². The van der Waals surface area contributed by atoms with Crippen molar-refractivity contribution >= 4 is 29.4 Å². The normalized spacial score (nSPS) is 14.4. The minimum Gasteiger partial charge on any atom is -0.357 e. The number of halogens is 1. The highest BCUT2D eigenvalue weighted by Crippen LogP contribution is 2.14. The van der Waals surface area contributed by atoms with E-state index >= 15 is 0 Å². The summed E-state index contributed by atoms with van der Waals surface area (Å²) in [6.07, 6.45) is 1.88. The number of aliphatic imine (C=N–C) groups is 1. The lowest BCUT2D eigenvalue weighted by molar-refractivity contribution is -0.123. The fourth-order valence-corrected chi connectivity index (χ4v) is 3.70. The molecule has 0 radical (unpaired) electrons. The highest BCUT2D eigenvalue weighted by Gasteiger charge is 2.22. The fourth-order valence-electron chi connectivity index (χ4n) is 3.42. The number of aryl methyl sites for hydroxylation is 1. The molecule has 1 saturated heterocycles. The van der Waals surface area contributed by atoms with Crippen LogP contribution in [-0.2, 0) is 24.9 Å². The van der Waals surface area contributed by atoms with Crippen LogP contribution in [0, 0.1) is 0 Å². The molecule has 1 aromatic carbocycles. The molecule has 1 aliphatic heterocycles. The van der Waals surface area contributed by atoms with Gasteiger partial charge in [0, 0.05) is 51.2 Å². The minimum absolute atomic E-state index is 0.107. The molecule has 8 nitrogen and oxygen atoms in total. The molecule has 0 aliphatic carbocycles. The molecular formula is C22H29ClN6O2. The number of aromatic nitrogens is 1. The number of carbonyl (C=O) groups is 2. The standard InChI is InChI=1S/C22H29ClN6O2/c1-4-24-22(28(3)14-19-11-18(23)13-27(19)2)26-12-16-5-7-17(8-6-16)21(31)29-10-9-25-20(30)15-29/h5-8,11,13H,4,9-10,12,14-15H2,1-3H3,(H,24,26)(H,25,30). The van der Waals surface area contributed by atoms with Gasteiger partial charge >= 0.3 is 0 Å². The lowest BCUT2D eigenvalue weighted by Crippen LogP contribution is -2.49. The lowest BCUT2D eigenvalue weighted by Gasteiger charge is -2.26. The van der Waals surface area contributed by atoms with Crippen molar-refractivity contribution in [2.75, 3.05) is 33.2 Å². The van der Waals surface area contributed by atoms with Crippen LogP contribution >= 0.6 is 11.6 Å². The number of benzene rings is 1. The predicted octanol–water partition coefficient (Wildman–Crippen LogP) is 1.85. The van der Waals surface area contributed by atoms with E-state index in [2.05, 4.69) is 15.5 Å². The quantitative estimate of drug-likeness (QED) is 0.526. The molecule has 2 heterocycles. The number of piperazine rings is 1. The Labute approximate surface area is 187 Å². The van der Waals surface area contributed by atoms with Crippen molar-refractivity contribution < 1.29 is 9.59 Å². The Bertz CT molecular complexity index is 953. The van der Waals surface area contributed by atoms with Crippen LogP contribution < -0.4 is 10.6 Å². The van der Waals surface area contributed by atoms with Gasteiger partial charge in [0.15, 0.2) is 5.96 Å². The van der Waals surface area contributed by atoms with Crippen molar-refractivity contribution in [3.8, 4) is 0 Å². The Kier molecular flexibility index (Phi) is 7.57. The number of guanidine groups is 1. The van der Waals surface area contributed by atoms with E-state index in [9.17, 15) is 9.59 Å². The van der Waals surface area contributed by atoms with Gasteiger partial charge < -0.3 is 25.0 Å². The Morgan fingerprint density at radius 2 is 2.06 bits per heavy atom. The summed E-state index contributed by atoms with van der Waals surface area (Å²) in [4.78, 5) is 32.5. The summed E-state index contributed by atoms with van der Waals surface area (Å²) < 4.78 is 2.00. The first kappa shape index (κ1) is 22.7. The summed E-state index contributed by atoms with van der Waals surface area (Å²) in [5.74, 6) is 0.543. The van der Waals surface area contributed by atoms with Crippen LogP contribution in [0.5, 0.6) is 0 Å². The molecule has 9 heteroatoms. The van der Waals surface area contributed by atoms with E-state index in [1.165, 1.54) is 0 Å². The molecule has 0 saturated carbocycles. The second kappa shape index (κ2) is 10.3. The molecule has 0 spiro atoms. The molecule has 0 unspecified atom stereocenters. The van der Waals surface area contributed by atoms with Gasteiger partial charge in [-0.1, -0.05) is 23.7 Å². The molecule has 0 atom stereocenters. The van der Waals surface area contributed by atoms with E-state index in [1.54, 1.807) is 17.0 Å². The van der Waals surface area contributed by atoms with Gasteiger partial charge in [-0.25, -0.2) is 4.99 Å².